The first-order valence-corrected chi connectivity index (χ1v) is 13.2. The smallest absolute Gasteiger partial charge is 0.254 e. The maximum atomic E-state index is 12.9. The zero-order valence-corrected chi connectivity index (χ0v) is 21.7. The summed E-state index contributed by atoms with van der Waals surface area (Å²) in [4.78, 5) is 41.1. The molecule has 5 rings (SSSR count). The molecule has 11 heteroatoms. The Morgan fingerprint density at radius 1 is 1.18 bits per heavy atom. The average molecular weight is 543 g/mol. The van der Waals surface area contributed by atoms with Crippen molar-refractivity contribution in [2.45, 2.75) is 38.2 Å². The molecule has 2 aromatic rings. The highest BCUT2D eigenvalue weighted by atomic mass is 35.5. The molecule has 2 fully saturated rings. The number of nitrogens with one attached hydrogen (secondary N) is 2. The Bertz CT molecular complexity index is 1220. The number of aliphatic hydroxyl groups excluding tert-OH is 1. The predicted octanol–water partition coefficient (Wildman–Crippen LogP) is 1.53. The highest BCUT2D eigenvalue weighted by Crippen LogP contribution is 2.29. The molecule has 202 valence electrons. The number of benzene rings is 2. The van der Waals surface area contributed by atoms with Crippen LogP contribution in [0.5, 0.6) is 5.75 Å². The molecule has 0 aromatic heterocycles. The van der Waals surface area contributed by atoms with Gasteiger partial charge in [-0.25, -0.2) is 0 Å². The Kier molecular flexibility index (Phi) is 8.13. The molecule has 2 aromatic carbocycles. The molecule has 2 saturated heterocycles. The third kappa shape index (κ3) is 5.94. The fraction of sp³-hybridized carbons (Fsp3) is 0.444. The van der Waals surface area contributed by atoms with Crippen molar-refractivity contribution >= 4 is 29.3 Å². The van der Waals surface area contributed by atoms with Gasteiger partial charge in [-0.3, -0.25) is 19.3 Å². The summed E-state index contributed by atoms with van der Waals surface area (Å²) in [5.41, 5.74) is 2.68. The Balaban J connectivity index is 1.16. The van der Waals surface area contributed by atoms with Gasteiger partial charge in [0.15, 0.2) is 0 Å². The monoisotopic (exact) mass is 542 g/mol. The minimum atomic E-state index is -1.08. The molecule has 2 unspecified atom stereocenters. The normalized spacial score (nSPS) is 21.7. The Hall–Kier alpha value is -3.18. The third-order valence-electron chi connectivity index (χ3n) is 7.16. The van der Waals surface area contributed by atoms with Crippen molar-refractivity contribution in [1.29, 1.82) is 0 Å². The van der Waals surface area contributed by atoms with Gasteiger partial charge in [-0.15, -0.1) is 0 Å². The van der Waals surface area contributed by atoms with Gasteiger partial charge < -0.3 is 30.1 Å². The first kappa shape index (κ1) is 26.4. The number of piperidine rings is 1. The van der Waals surface area contributed by atoms with Crippen molar-refractivity contribution in [1.82, 2.24) is 20.4 Å². The fourth-order valence-corrected chi connectivity index (χ4v) is 5.19. The zero-order chi connectivity index (χ0) is 26.6. The van der Waals surface area contributed by atoms with E-state index < -0.39 is 12.3 Å². The Morgan fingerprint density at radius 2 is 2.00 bits per heavy atom. The topological polar surface area (TPSA) is 120 Å². The van der Waals surface area contributed by atoms with E-state index in [9.17, 15) is 19.5 Å². The molecule has 3 amide bonds. The highest BCUT2D eigenvalue weighted by molar-refractivity contribution is 6.32. The van der Waals surface area contributed by atoms with Crippen LogP contribution in [0.15, 0.2) is 36.4 Å². The van der Waals surface area contributed by atoms with Gasteiger partial charge in [-0.05, 0) is 41.8 Å². The average Bonchev–Trinajstić information content (AvgIpc) is 3.24. The summed E-state index contributed by atoms with van der Waals surface area (Å²) >= 11 is 6.29. The molecule has 38 heavy (non-hydrogen) atoms. The molecule has 3 heterocycles. The molecule has 2 atom stereocenters. The number of hydrogen-bond donors (Lipinski definition) is 3. The number of fused-ring (bicyclic) bond motifs is 1. The molecular weight excluding hydrogens is 512 g/mol. The maximum Gasteiger partial charge on any atom is 0.254 e. The summed E-state index contributed by atoms with van der Waals surface area (Å²) in [5, 5.41) is 16.1. The van der Waals surface area contributed by atoms with E-state index in [1.165, 1.54) is 0 Å². The number of halogens is 1. The lowest BCUT2D eigenvalue weighted by Gasteiger charge is -2.35. The number of nitrogens with zero attached hydrogens (tertiary/aromatic N) is 2. The molecule has 0 radical (unpaired) electrons. The molecule has 0 saturated carbocycles. The van der Waals surface area contributed by atoms with Crippen molar-refractivity contribution in [2.24, 2.45) is 0 Å². The van der Waals surface area contributed by atoms with E-state index in [2.05, 4.69) is 15.5 Å². The molecule has 10 nitrogen and oxygen atoms in total. The van der Waals surface area contributed by atoms with Crippen molar-refractivity contribution in [3.8, 4) is 5.75 Å². The van der Waals surface area contributed by atoms with Crippen LogP contribution in [0.2, 0.25) is 5.02 Å². The van der Waals surface area contributed by atoms with E-state index in [-0.39, 0.29) is 30.7 Å². The number of morpholine rings is 1. The number of hydrogen-bond acceptors (Lipinski definition) is 7. The van der Waals surface area contributed by atoms with Crippen LogP contribution in [0.3, 0.4) is 0 Å². The first-order valence-electron chi connectivity index (χ1n) is 12.8. The zero-order valence-electron chi connectivity index (χ0n) is 21.0. The van der Waals surface area contributed by atoms with Gasteiger partial charge in [-0.1, -0.05) is 23.7 Å². The molecule has 3 aliphatic heterocycles. The summed E-state index contributed by atoms with van der Waals surface area (Å²) in [5.74, 6) is -0.190. The van der Waals surface area contributed by atoms with Gasteiger partial charge in [-0.2, -0.15) is 0 Å². The van der Waals surface area contributed by atoms with Crippen molar-refractivity contribution in [3.63, 3.8) is 0 Å². The minimum absolute atomic E-state index is 0.168. The van der Waals surface area contributed by atoms with Gasteiger partial charge in [0, 0.05) is 50.3 Å². The van der Waals surface area contributed by atoms with E-state index in [0.717, 1.165) is 44.0 Å². The molecule has 3 aliphatic rings. The van der Waals surface area contributed by atoms with Crippen LogP contribution >= 0.6 is 11.6 Å². The van der Waals surface area contributed by atoms with Gasteiger partial charge in [0.2, 0.25) is 5.91 Å². The second-order valence-electron chi connectivity index (χ2n) is 9.67. The predicted molar refractivity (Wildman–Crippen MR) is 139 cm³/mol. The second-order valence-corrected chi connectivity index (χ2v) is 10.1. The minimum Gasteiger partial charge on any atom is -0.491 e. The van der Waals surface area contributed by atoms with Crippen molar-refractivity contribution in [2.75, 3.05) is 39.5 Å². The largest absolute Gasteiger partial charge is 0.491 e. The third-order valence-corrected chi connectivity index (χ3v) is 7.47. The second kappa shape index (κ2) is 11.7. The van der Waals surface area contributed by atoms with Crippen LogP contribution in [0.1, 0.15) is 44.7 Å². The Morgan fingerprint density at radius 3 is 2.79 bits per heavy atom. The van der Waals surface area contributed by atoms with Crippen molar-refractivity contribution < 1.29 is 29.0 Å². The van der Waals surface area contributed by atoms with Crippen LogP contribution < -0.4 is 15.4 Å². The van der Waals surface area contributed by atoms with E-state index >= 15 is 0 Å². The number of rotatable bonds is 8. The molecule has 3 N–H and O–H groups in total. The van der Waals surface area contributed by atoms with Crippen LogP contribution in [0, 0.1) is 0 Å². The summed E-state index contributed by atoms with van der Waals surface area (Å²) in [6.45, 7) is 5.01. The molecular formula is C27H31ClN4O6. The number of ether oxygens (including phenoxy) is 2. The summed E-state index contributed by atoms with van der Waals surface area (Å²) in [7, 11) is 0. The van der Waals surface area contributed by atoms with Gasteiger partial charge in [0.1, 0.15) is 18.6 Å². The summed E-state index contributed by atoms with van der Waals surface area (Å²) < 4.78 is 11.2. The summed E-state index contributed by atoms with van der Waals surface area (Å²) in [6, 6.07) is 9.93. The van der Waals surface area contributed by atoms with E-state index in [1.807, 2.05) is 12.1 Å². The van der Waals surface area contributed by atoms with Gasteiger partial charge >= 0.3 is 0 Å². The quantitative estimate of drug-likeness (QED) is 0.463. The van der Waals surface area contributed by atoms with Crippen LogP contribution in [-0.4, -0.2) is 84.4 Å². The number of carbonyl (C=O) groups excluding carboxylic acids is 3. The van der Waals surface area contributed by atoms with Gasteiger partial charge in [0.05, 0.1) is 24.3 Å². The molecule has 0 aliphatic carbocycles. The maximum absolute atomic E-state index is 12.9. The molecule has 0 bridgehead atoms. The summed E-state index contributed by atoms with van der Waals surface area (Å²) in [6.07, 6.45) is -0.402. The lowest BCUT2D eigenvalue weighted by Crippen LogP contribution is -2.55. The number of aliphatic hydroxyl groups is 1. The van der Waals surface area contributed by atoms with E-state index in [0.29, 0.717) is 41.5 Å². The lowest BCUT2D eigenvalue weighted by molar-refractivity contribution is -0.129. The van der Waals surface area contributed by atoms with E-state index in [4.69, 9.17) is 21.1 Å². The fourth-order valence-electron chi connectivity index (χ4n) is 5.02. The van der Waals surface area contributed by atoms with Crippen LogP contribution in [-0.2, 0) is 22.6 Å². The van der Waals surface area contributed by atoms with Crippen molar-refractivity contribution in [3.05, 3.63) is 63.7 Å². The standard InChI is InChI=1S/C27H31ClN4O6/c28-21-4-2-18(14-23(21)38-12-9-31-7-10-37-11-8-31)25(34)29-15-17-1-3-20-19(13-17)16-32(27(20)36)22-5-6-24(33)30-26(22)35/h1-4,13-14,22,26,35H,5-12,15-16H2,(H,29,34)(H,30,33). The Labute approximate surface area is 225 Å². The molecule has 0 spiro atoms. The highest BCUT2D eigenvalue weighted by Gasteiger charge is 2.38. The van der Waals surface area contributed by atoms with Gasteiger partial charge in [0.25, 0.3) is 11.8 Å². The number of amides is 3. The van der Waals surface area contributed by atoms with E-state index in [1.54, 1.807) is 29.2 Å². The van der Waals surface area contributed by atoms with Crippen LogP contribution in [0.25, 0.3) is 0 Å². The number of carbonyl (C=O) groups is 3. The van der Waals surface area contributed by atoms with Crippen LogP contribution in [0.4, 0.5) is 0 Å². The first-order chi connectivity index (χ1) is 18.4. The SMILES string of the molecule is O=C1CCC(N2Cc3cc(CNC(=O)c4ccc(Cl)c(OCCN5CCOCC5)c4)ccc3C2=O)C(O)N1. The lowest BCUT2D eigenvalue weighted by atomic mass is 10.0.